The Hall–Kier alpha value is -6.42. The molecule has 0 spiro atoms. The largest absolute Gasteiger partial charge is 0.506 e. The Morgan fingerprint density at radius 1 is 0.686 bits per heavy atom. The molecule has 1 aliphatic heterocycles. The molecule has 0 unspecified atom stereocenters. The van der Waals surface area contributed by atoms with Crippen LogP contribution in [-0.4, -0.2) is 55.7 Å². The quantitative estimate of drug-likeness (QED) is 0.0277. The van der Waals surface area contributed by atoms with Crippen LogP contribution in [0.1, 0.15) is 36.7 Å². The number of nitrogens with zero attached hydrogens (tertiary/aromatic N) is 1. The lowest BCUT2D eigenvalue weighted by atomic mass is 10.0. The van der Waals surface area contributed by atoms with Gasteiger partial charge < -0.3 is 28.8 Å². The van der Waals surface area contributed by atoms with E-state index in [9.17, 15) is 19.5 Å². The van der Waals surface area contributed by atoms with Crippen molar-refractivity contribution in [1.29, 1.82) is 0 Å². The number of aliphatic hydroxyl groups is 1. The molecule has 1 N–H and O–H groups in total. The molecule has 10 nitrogen and oxygen atoms in total. The molecule has 10 heteroatoms. The Kier molecular flexibility index (Phi) is 12.2. The van der Waals surface area contributed by atoms with Crippen molar-refractivity contribution in [3.05, 3.63) is 132 Å². The number of hydrogen-bond donors (Lipinski definition) is 1. The van der Waals surface area contributed by atoms with Crippen molar-refractivity contribution in [2.24, 2.45) is 4.99 Å². The molecule has 0 aliphatic carbocycles. The summed E-state index contributed by atoms with van der Waals surface area (Å²) in [6.45, 7) is 6.10. The van der Waals surface area contributed by atoms with Crippen molar-refractivity contribution in [2.75, 3.05) is 26.6 Å². The Morgan fingerprint density at radius 3 is 1.92 bits per heavy atom. The zero-order valence-electron chi connectivity index (χ0n) is 28.5. The first-order valence-electron chi connectivity index (χ1n) is 16.4. The van der Waals surface area contributed by atoms with E-state index in [1.54, 1.807) is 57.2 Å². The summed E-state index contributed by atoms with van der Waals surface area (Å²) in [4.78, 5) is 41.3. The van der Waals surface area contributed by atoms with Gasteiger partial charge in [0.25, 0.3) is 0 Å². The van der Waals surface area contributed by atoms with Gasteiger partial charge in [0.05, 0.1) is 25.5 Å². The van der Waals surface area contributed by atoms with Gasteiger partial charge in [0.15, 0.2) is 11.5 Å². The molecule has 260 valence electrons. The van der Waals surface area contributed by atoms with Gasteiger partial charge >= 0.3 is 11.9 Å². The molecule has 6 rings (SSSR count). The number of fused-ring (bicyclic) bond motifs is 3. The number of rotatable bonds is 11. The minimum Gasteiger partial charge on any atom is -0.506 e. The highest BCUT2D eigenvalue weighted by atomic mass is 16.7. The molecule has 51 heavy (non-hydrogen) atoms. The van der Waals surface area contributed by atoms with Crippen LogP contribution >= 0.6 is 0 Å². The summed E-state index contributed by atoms with van der Waals surface area (Å²) in [6.07, 6.45) is 2.48. The summed E-state index contributed by atoms with van der Waals surface area (Å²) in [6, 6.07) is 31.5. The molecule has 0 radical (unpaired) electrons. The molecule has 0 fully saturated rings. The van der Waals surface area contributed by atoms with Gasteiger partial charge in [0.1, 0.15) is 23.2 Å². The molecule has 5 aromatic carbocycles. The number of benzene rings is 5. The van der Waals surface area contributed by atoms with Gasteiger partial charge in [-0.2, -0.15) is 0 Å². The average Bonchev–Trinajstić information content (AvgIpc) is 3.63. The molecule has 0 amide bonds. The summed E-state index contributed by atoms with van der Waals surface area (Å²) >= 11 is 0. The molecule has 5 aromatic rings. The lowest BCUT2D eigenvalue weighted by Gasteiger charge is -2.08. The molecule has 0 aromatic heterocycles. The monoisotopic (exact) mass is 687 g/mol. The van der Waals surface area contributed by atoms with Crippen molar-refractivity contribution in [1.82, 2.24) is 0 Å². The average molecular weight is 688 g/mol. The van der Waals surface area contributed by atoms with E-state index in [0.717, 1.165) is 21.5 Å². The fourth-order valence-electron chi connectivity index (χ4n) is 5.07. The van der Waals surface area contributed by atoms with Crippen LogP contribution in [0.25, 0.3) is 27.3 Å². The molecule has 1 heterocycles. The van der Waals surface area contributed by atoms with Gasteiger partial charge in [0, 0.05) is 23.4 Å². The highest BCUT2D eigenvalue weighted by molar-refractivity contribution is 6.24. The van der Waals surface area contributed by atoms with Crippen LogP contribution in [0.3, 0.4) is 0 Å². The zero-order valence-corrected chi connectivity index (χ0v) is 28.5. The van der Waals surface area contributed by atoms with Crippen molar-refractivity contribution >= 4 is 56.9 Å². The third-order valence-corrected chi connectivity index (χ3v) is 7.59. The second kappa shape index (κ2) is 17.3. The second-order valence-corrected chi connectivity index (χ2v) is 10.9. The second-order valence-electron chi connectivity index (χ2n) is 10.9. The first kappa shape index (κ1) is 35.9. The number of hydrogen-bond acceptors (Lipinski definition) is 10. The van der Waals surface area contributed by atoms with Crippen LogP contribution in [0, 0.1) is 0 Å². The van der Waals surface area contributed by atoms with Gasteiger partial charge in [-0.05, 0) is 66.6 Å². The molecular formula is C41H37NO9. The fourth-order valence-corrected chi connectivity index (χ4v) is 5.07. The maximum atomic E-state index is 12.6. The summed E-state index contributed by atoms with van der Waals surface area (Å²) in [5.74, 6) is -0.697. The standard InChI is InChI=1S/C23H19NO5.C18H18O4/c1-2-27-23(26)19(13-24-18-9-10-20-21(12-18)29-14-28-20)22(25)17-8-7-15-5-3-4-6-16(15)11-17;1-3-21-12-16(18(20)22-4-2)17(19)15-10-9-13-7-5-6-8-14(13)11-15/h3-13,25H,2,14H2,1H3;5-12H,3-4H2,1-2H3. The zero-order chi connectivity index (χ0) is 36.2. The summed E-state index contributed by atoms with van der Waals surface area (Å²) in [5, 5.41) is 14.8. The summed E-state index contributed by atoms with van der Waals surface area (Å²) in [5.41, 5.74) is 1.36. The number of ketones is 1. The van der Waals surface area contributed by atoms with Gasteiger partial charge in [-0.15, -0.1) is 0 Å². The number of esters is 2. The van der Waals surface area contributed by atoms with E-state index in [2.05, 4.69) is 4.99 Å². The first-order valence-corrected chi connectivity index (χ1v) is 16.4. The normalized spacial score (nSPS) is 12.6. The van der Waals surface area contributed by atoms with E-state index in [1.165, 1.54) is 12.5 Å². The first-order chi connectivity index (χ1) is 24.8. The highest BCUT2D eigenvalue weighted by Crippen LogP contribution is 2.35. The lowest BCUT2D eigenvalue weighted by molar-refractivity contribution is -0.139. The van der Waals surface area contributed by atoms with Crippen LogP contribution in [0.5, 0.6) is 11.5 Å². The van der Waals surface area contributed by atoms with Crippen LogP contribution in [0.15, 0.2) is 126 Å². The van der Waals surface area contributed by atoms with E-state index in [-0.39, 0.29) is 36.9 Å². The van der Waals surface area contributed by atoms with Gasteiger partial charge in [-0.25, -0.2) is 9.59 Å². The van der Waals surface area contributed by atoms with E-state index >= 15 is 0 Å². The Labute approximate surface area is 295 Å². The number of Topliss-reactive ketones (excluding diaryl/α,β-unsaturated/α-hetero) is 1. The van der Waals surface area contributed by atoms with E-state index in [4.69, 9.17) is 23.7 Å². The maximum absolute atomic E-state index is 12.6. The fraction of sp³-hybridized carbons (Fsp3) is 0.171. The van der Waals surface area contributed by atoms with Crippen LogP contribution < -0.4 is 9.47 Å². The third kappa shape index (κ3) is 8.98. The topological polar surface area (TPSA) is 130 Å². The van der Waals surface area contributed by atoms with Crippen LogP contribution in [0.2, 0.25) is 0 Å². The Balaban J connectivity index is 0.000000206. The molecule has 0 saturated carbocycles. The number of ether oxygens (including phenoxy) is 5. The number of aliphatic hydroxyl groups excluding tert-OH is 1. The van der Waals surface area contributed by atoms with Gasteiger partial charge in [-0.1, -0.05) is 72.8 Å². The predicted molar refractivity (Wildman–Crippen MR) is 195 cm³/mol. The number of carbonyl (C=O) groups excluding carboxylic acids is 3. The van der Waals surface area contributed by atoms with E-state index in [1.807, 2.05) is 66.7 Å². The van der Waals surface area contributed by atoms with Crippen LogP contribution in [-0.2, 0) is 23.8 Å². The Morgan fingerprint density at radius 2 is 1.27 bits per heavy atom. The maximum Gasteiger partial charge on any atom is 0.345 e. The van der Waals surface area contributed by atoms with Crippen molar-refractivity contribution < 1.29 is 43.2 Å². The SMILES string of the molecule is CCOC(=O)C(C=Nc1ccc2c(c1)OCO2)=C(O)c1ccc2ccccc2c1.CCOC=C(C(=O)OCC)C(=O)c1ccc2ccccc2c1. The van der Waals surface area contributed by atoms with Crippen molar-refractivity contribution in [3.63, 3.8) is 0 Å². The van der Waals surface area contributed by atoms with Gasteiger partial charge in [-0.3, -0.25) is 9.79 Å². The third-order valence-electron chi connectivity index (χ3n) is 7.59. The van der Waals surface area contributed by atoms with E-state index in [0.29, 0.717) is 34.9 Å². The minimum absolute atomic E-state index is 0.0280. The molecule has 0 saturated heterocycles. The summed E-state index contributed by atoms with van der Waals surface area (Å²) < 4.78 is 25.8. The minimum atomic E-state index is -0.672. The van der Waals surface area contributed by atoms with Crippen molar-refractivity contribution in [2.45, 2.75) is 20.8 Å². The smallest absolute Gasteiger partial charge is 0.345 e. The number of carbonyl (C=O) groups is 3. The lowest BCUT2D eigenvalue weighted by Crippen LogP contribution is -2.16. The summed E-state index contributed by atoms with van der Waals surface area (Å²) in [7, 11) is 0. The molecule has 0 atom stereocenters. The van der Waals surface area contributed by atoms with Crippen molar-refractivity contribution in [3.8, 4) is 11.5 Å². The van der Waals surface area contributed by atoms with Gasteiger partial charge in [0.2, 0.25) is 12.6 Å². The Bertz CT molecular complexity index is 2150. The molecule has 1 aliphatic rings. The van der Waals surface area contributed by atoms with E-state index < -0.39 is 17.7 Å². The van der Waals surface area contributed by atoms with Crippen LogP contribution in [0.4, 0.5) is 5.69 Å². The number of aliphatic imine (C=N–C) groups is 1. The molecular weight excluding hydrogens is 650 g/mol. The highest BCUT2D eigenvalue weighted by Gasteiger charge is 2.22. The molecule has 0 bridgehead atoms. The predicted octanol–water partition coefficient (Wildman–Crippen LogP) is 8.31.